The summed E-state index contributed by atoms with van der Waals surface area (Å²) >= 11 is 0. The number of carboxylic acids is 1. The highest BCUT2D eigenvalue weighted by Crippen LogP contribution is 2.44. The molecule has 5 heteroatoms. The van der Waals surface area contributed by atoms with Crippen LogP contribution in [-0.4, -0.2) is 50.3 Å². The van der Waals surface area contributed by atoms with Crippen molar-refractivity contribution < 1.29 is 14.6 Å². The van der Waals surface area contributed by atoms with Crippen LogP contribution in [0.1, 0.15) is 21.5 Å². The number of hydrogen-bond donors (Lipinski definition) is 1. The summed E-state index contributed by atoms with van der Waals surface area (Å²) in [6.07, 6.45) is 5.87. The molecule has 1 N–H and O–H groups in total. The van der Waals surface area contributed by atoms with Crippen LogP contribution in [0.15, 0.2) is 72.0 Å². The summed E-state index contributed by atoms with van der Waals surface area (Å²) < 4.78 is 6.37. The summed E-state index contributed by atoms with van der Waals surface area (Å²) in [4.78, 5) is 16.0. The van der Waals surface area contributed by atoms with Crippen molar-refractivity contribution >= 4 is 17.2 Å². The molecule has 0 spiro atoms. The van der Waals surface area contributed by atoms with Crippen molar-refractivity contribution in [2.45, 2.75) is 6.10 Å². The van der Waals surface area contributed by atoms with E-state index >= 15 is 0 Å². The van der Waals surface area contributed by atoms with E-state index in [-0.39, 0.29) is 11.7 Å². The lowest BCUT2D eigenvalue weighted by molar-refractivity contribution is 0.0696. The van der Waals surface area contributed by atoms with E-state index in [0.29, 0.717) is 5.56 Å². The molecule has 148 valence electrons. The van der Waals surface area contributed by atoms with Crippen molar-refractivity contribution in [3.63, 3.8) is 0 Å². The van der Waals surface area contributed by atoms with Crippen LogP contribution in [0.2, 0.25) is 0 Å². The van der Waals surface area contributed by atoms with E-state index in [4.69, 9.17) is 4.74 Å². The zero-order valence-electron chi connectivity index (χ0n) is 17.0. The maximum atomic E-state index is 11.9. The summed E-state index contributed by atoms with van der Waals surface area (Å²) in [6.45, 7) is 0. The van der Waals surface area contributed by atoms with Crippen molar-refractivity contribution in [3.8, 4) is 5.75 Å². The van der Waals surface area contributed by atoms with E-state index in [0.717, 1.165) is 33.8 Å². The minimum Gasteiger partial charge on any atom is -0.481 e. The van der Waals surface area contributed by atoms with Crippen molar-refractivity contribution in [1.82, 2.24) is 4.90 Å². The van der Waals surface area contributed by atoms with Crippen LogP contribution in [-0.2, 0) is 0 Å². The van der Waals surface area contributed by atoms with Gasteiger partial charge in [-0.1, -0.05) is 24.3 Å². The molecule has 0 amide bonds. The minimum atomic E-state index is -0.937. The van der Waals surface area contributed by atoms with E-state index in [1.165, 1.54) is 0 Å². The lowest BCUT2D eigenvalue weighted by atomic mass is 9.84. The second-order valence-corrected chi connectivity index (χ2v) is 7.61. The van der Waals surface area contributed by atoms with E-state index in [1.807, 2.05) is 80.5 Å². The van der Waals surface area contributed by atoms with Gasteiger partial charge in [0.2, 0.25) is 0 Å². The van der Waals surface area contributed by atoms with Gasteiger partial charge >= 0.3 is 5.97 Å². The standard InChI is InChI=1S/C24H24N2O3/c1-25(2)15-9-11-19-21(13-15)29-22-14-16(26(3)4)10-12-20(22)23(19)17-7-5-6-8-18(17)24(27)28/h5-14,21H,1-4H3,(H,27,28). The third-order valence-corrected chi connectivity index (χ3v) is 5.30. The molecule has 0 aromatic heterocycles. The molecule has 1 aliphatic heterocycles. The van der Waals surface area contributed by atoms with Gasteiger partial charge in [-0.25, -0.2) is 4.79 Å². The van der Waals surface area contributed by atoms with Gasteiger partial charge in [-0.3, -0.25) is 0 Å². The SMILES string of the molecule is CN(C)C1=CC2Oc3cc(N(C)C)ccc3C(c3ccccc3C(=O)O)=C2C=C1. The molecular weight excluding hydrogens is 364 g/mol. The largest absolute Gasteiger partial charge is 0.481 e. The predicted octanol–water partition coefficient (Wildman–Crippen LogP) is 4.03. The summed E-state index contributed by atoms with van der Waals surface area (Å²) in [5.41, 5.74) is 5.85. The molecule has 0 radical (unpaired) electrons. The molecule has 2 aromatic rings. The molecule has 2 aromatic carbocycles. The quantitative estimate of drug-likeness (QED) is 0.857. The number of nitrogens with zero attached hydrogens (tertiary/aromatic N) is 2. The minimum absolute atomic E-state index is 0.279. The van der Waals surface area contributed by atoms with Crippen molar-refractivity contribution in [2.75, 3.05) is 33.1 Å². The highest BCUT2D eigenvalue weighted by molar-refractivity contribution is 5.99. The first-order valence-corrected chi connectivity index (χ1v) is 9.49. The van der Waals surface area contributed by atoms with Crippen molar-refractivity contribution in [2.24, 2.45) is 0 Å². The van der Waals surface area contributed by atoms with Gasteiger partial charge in [0.25, 0.3) is 0 Å². The highest BCUT2D eigenvalue weighted by Gasteiger charge is 2.31. The van der Waals surface area contributed by atoms with Gasteiger partial charge in [0.1, 0.15) is 11.9 Å². The molecule has 1 heterocycles. The molecule has 1 atom stereocenters. The number of benzene rings is 2. The van der Waals surface area contributed by atoms with Crippen molar-refractivity contribution in [3.05, 3.63) is 88.7 Å². The van der Waals surface area contributed by atoms with Crippen LogP contribution in [0.4, 0.5) is 5.69 Å². The van der Waals surface area contributed by atoms with Crippen molar-refractivity contribution in [1.29, 1.82) is 0 Å². The number of carbonyl (C=O) groups is 1. The normalized spacial score (nSPS) is 17.1. The number of allylic oxidation sites excluding steroid dienone is 1. The third-order valence-electron chi connectivity index (χ3n) is 5.30. The van der Waals surface area contributed by atoms with Gasteiger partial charge in [0, 0.05) is 62.4 Å². The zero-order valence-corrected chi connectivity index (χ0v) is 17.0. The first-order chi connectivity index (χ1) is 13.9. The Bertz CT molecular complexity index is 1080. The Morgan fingerprint density at radius 2 is 1.72 bits per heavy atom. The summed E-state index contributed by atoms with van der Waals surface area (Å²) in [6, 6.07) is 13.2. The Labute approximate surface area is 170 Å². The molecule has 0 fully saturated rings. The second kappa shape index (κ2) is 7.17. The highest BCUT2D eigenvalue weighted by atomic mass is 16.5. The number of anilines is 1. The van der Waals surface area contributed by atoms with E-state index in [9.17, 15) is 9.90 Å². The molecule has 1 unspecified atom stereocenters. The molecule has 1 aliphatic carbocycles. The Balaban J connectivity index is 1.98. The van der Waals surface area contributed by atoms with Gasteiger partial charge in [-0.05, 0) is 35.9 Å². The first kappa shape index (κ1) is 18.9. The van der Waals surface area contributed by atoms with Crippen LogP contribution in [0.25, 0.3) is 5.57 Å². The van der Waals surface area contributed by atoms with Crippen LogP contribution in [0.3, 0.4) is 0 Å². The van der Waals surface area contributed by atoms with E-state index in [2.05, 4.69) is 6.08 Å². The average molecular weight is 388 g/mol. The zero-order chi connectivity index (χ0) is 20.7. The van der Waals surface area contributed by atoms with Crippen LogP contribution in [0, 0.1) is 0 Å². The smallest absolute Gasteiger partial charge is 0.336 e. The molecule has 29 heavy (non-hydrogen) atoms. The lowest BCUT2D eigenvalue weighted by Gasteiger charge is -2.33. The summed E-state index contributed by atoms with van der Waals surface area (Å²) in [7, 11) is 7.96. The van der Waals surface area contributed by atoms with E-state index in [1.54, 1.807) is 12.1 Å². The summed E-state index contributed by atoms with van der Waals surface area (Å²) in [5, 5.41) is 9.77. The Kier molecular flexibility index (Phi) is 4.66. The topological polar surface area (TPSA) is 53.0 Å². The number of carboxylic acid groups (broad SMARTS) is 1. The molecule has 0 bridgehead atoms. The second-order valence-electron chi connectivity index (χ2n) is 7.61. The van der Waals surface area contributed by atoms with Gasteiger partial charge in [-0.2, -0.15) is 0 Å². The molecule has 0 saturated heterocycles. The maximum Gasteiger partial charge on any atom is 0.336 e. The number of rotatable bonds is 4. The number of aromatic carboxylic acids is 1. The van der Waals surface area contributed by atoms with Crippen LogP contribution >= 0.6 is 0 Å². The fraction of sp³-hybridized carbons (Fsp3) is 0.208. The lowest BCUT2D eigenvalue weighted by Crippen LogP contribution is -2.27. The fourth-order valence-corrected chi connectivity index (χ4v) is 3.77. The molecule has 5 nitrogen and oxygen atoms in total. The fourth-order valence-electron chi connectivity index (χ4n) is 3.77. The molecule has 4 rings (SSSR count). The van der Waals surface area contributed by atoms with Gasteiger partial charge in [-0.15, -0.1) is 0 Å². The monoisotopic (exact) mass is 388 g/mol. The Morgan fingerprint density at radius 1 is 0.966 bits per heavy atom. The van der Waals surface area contributed by atoms with Gasteiger partial charge < -0.3 is 19.6 Å². The molecule has 0 saturated carbocycles. The molecular formula is C24H24N2O3. The molecule has 2 aliphatic rings. The number of hydrogen-bond acceptors (Lipinski definition) is 4. The number of likely N-dealkylation sites (N-methyl/N-ethyl adjacent to an activating group) is 1. The first-order valence-electron chi connectivity index (χ1n) is 9.49. The number of fused-ring (bicyclic) bond motifs is 2. The number of ether oxygens (including phenoxy) is 1. The third kappa shape index (κ3) is 3.29. The Hall–Kier alpha value is -3.47. The van der Waals surface area contributed by atoms with Gasteiger partial charge in [0.15, 0.2) is 0 Å². The average Bonchev–Trinajstić information content (AvgIpc) is 2.70. The Morgan fingerprint density at radius 3 is 2.41 bits per heavy atom. The van der Waals surface area contributed by atoms with Crippen LogP contribution in [0.5, 0.6) is 5.75 Å². The van der Waals surface area contributed by atoms with Crippen LogP contribution < -0.4 is 9.64 Å². The predicted molar refractivity (Wildman–Crippen MR) is 116 cm³/mol. The maximum absolute atomic E-state index is 11.9. The van der Waals surface area contributed by atoms with Gasteiger partial charge in [0.05, 0.1) is 5.56 Å². The summed E-state index contributed by atoms with van der Waals surface area (Å²) in [5.74, 6) is -0.183. The van der Waals surface area contributed by atoms with E-state index < -0.39 is 5.97 Å².